The zero-order valence-corrected chi connectivity index (χ0v) is 13.7. The number of anilines is 1. The number of aryl methyl sites for hydroxylation is 1. The Hall–Kier alpha value is -2.64. The highest BCUT2D eigenvalue weighted by Gasteiger charge is 2.37. The second kappa shape index (κ2) is 5.44. The first-order chi connectivity index (χ1) is 11.8. The van der Waals surface area contributed by atoms with Crippen molar-refractivity contribution in [2.45, 2.75) is 32.5 Å². The Morgan fingerprint density at radius 3 is 2.68 bits per heavy atom. The number of benzene rings is 1. The molecule has 0 aliphatic carbocycles. The normalized spacial score (nSPS) is 17.8. The molecule has 4 rings (SSSR count). The summed E-state index contributed by atoms with van der Waals surface area (Å²) in [6, 6.07) is 9.90. The van der Waals surface area contributed by atoms with E-state index in [1.165, 1.54) is 15.6 Å². The highest BCUT2D eigenvalue weighted by molar-refractivity contribution is 5.52. The van der Waals surface area contributed by atoms with Crippen LogP contribution in [0.15, 0.2) is 30.3 Å². The van der Waals surface area contributed by atoms with Crippen molar-refractivity contribution in [1.29, 1.82) is 0 Å². The van der Waals surface area contributed by atoms with Crippen LogP contribution in [-0.4, -0.2) is 26.1 Å². The summed E-state index contributed by atoms with van der Waals surface area (Å²) >= 11 is 0. The van der Waals surface area contributed by atoms with E-state index in [1.807, 2.05) is 19.1 Å². The molecule has 25 heavy (non-hydrogen) atoms. The molecule has 1 aliphatic rings. The van der Waals surface area contributed by atoms with E-state index in [0.29, 0.717) is 18.1 Å². The van der Waals surface area contributed by atoms with Gasteiger partial charge in [-0.2, -0.15) is 22.7 Å². The molecule has 0 fully saturated rings. The molecular formula is C17H16F3N5. The smallest absolute Gasteiger partial charge is 0.349 e. The van der Waals surface area contributed by atoms with Crippen molar-refractivity contribution in [3.63, 3.8) is 0 Å². The molecule has 0 radical (unpaired) electrons. The Morgan fingerprint density at radius 2 is 1.92 bits per heavy atom. The van der Waals surface area contributed by atoms with E-state index in [-0.39, 0.29) is 11.8 Å². The fourth-order valence-corrected chi connectivity index (χ4v) is 3.38. The number of rotatable bonds is 1. The van der Waals surface area contributed by atoms with E-state index >= 15 is 0 Å². The summed E-state index contributed by atoms with van der Waals surface area (Å²) in [5.41, 5.74) is 3.05. The minimum absolute atomic E-state index is 0.0217. The maximum Gasteiger partial charge on any atom is 0.453 e. The van der Waals surface area contributed by atoms with Crippen molar-refractivity contribution in [1.82, 2.24) is 19.6 Å². The second-order valence-corrected chi connectivity index (χ2v) is 6.22. The summed E-state index contributed by atoms with van der Waals surface area (Å²) < 4.78 is 40.2. The van der Waals surface area contributed by atoms with Crippen LogP contribution in [0, 0.1) is 6.92 Å². The number of halogens is 3. The number of hydrogen-bond donors (Lipinski definition) is 0. The summed E-state index contributed by atoms with van der Waals surface area (Å²) in [4.78, 5) is 9.71. The van der Waals surface area contributed by atoms with Crippen molar-refractivity contribution < 1.29 is 13.2 Å². The van der Waals surface area contributed by atoms with Crippen LogP contribution in [0.3, 0.4) is 0 Å². The highest BCUT2D eigenvalue weighted by atomic mass is 19.4. The van der Waals surface area contributed by atoms with Gasteiger partial charge in [-0.15, -0.1) is 5.10 Å². The summed E-state index contributed by atoms with van der Waals surface area (Å²) in [5.74, 6) is -0.627. The number of hydrogen-bond acceptors (Lipinski definition) is 4. The van der Waals surface area contributed by atoms with Gasteiger partial charge in [0.25, 0.3) is 11.6 Å². The Morgan fingerprint density at radius 1 is 1.16 bits per heavy atom. The van der Waals surface area contributed by atoms with Gasteiger partial charge in [-0.05, 0) is 31.4 Å². The second-order valence-electron chi connectivity index (χ2n) is 6.22. The van der Waals surface area contributed by atoms with Gasteiger partial charge in [0.05, 0.1) is 6.04 Å². The summed E-state index contributed by atoms with van der Waals surface area (Å²) in [6.45, 7) is 4.48. The zero-order chi connectivity index (χ0) is 17.8. The molecule has 1 aromatic carbocycles. The lowest BCUT2D eigenvalue weighted by Gasteiger charge is -2.36. The zero-order valence-electron chi connectivity index (χ0n) is 13.7. The van der Waals surface area contributed by atoms with Crippen molar-refractivity contribution >= 4 is 11.6 Å². The summed E-state index contributed by atoms with van der Waals surface area (Å²) in [7, 11) is 0. The average molecular weight is 347 g/mol. The molecule has 5 nitrogen and oxygen atoms in total. The molecule has 0 bridgehead atoms. The van der Waals surface area contributed by atoms with Crippen LogP contribution in [-0.2, 0) is 12.6 Å². The maximum absolute atomic E-state index is 13.0. The van der Waals surface area contributed by atoms with Crippen LogP contribution < -0.4 is 4.90 Å². The molecule has 1 unspecified atom stereocenters. The average Bonchev–Trinajstić information content (AvgIpc) is 2.99. The molecule has 3 aromatic rings. The molecule has 1 aliphatic heterocycles. The largest absolute Gasteiger partial charge is 0.453 e. The Balaban J connectivity index is 1.85. The minimum atomic E-state index is -4.60. The van der Waals surface area contributed by atoms with Gasteiger partial charge in [0.15, 0.2) is 0 Å². The van der Waals surface area contributed by atoms with E-state index < -0.39 is 12.0 Å². The molecule has 0 N–H and O–H groups in total. The first kappa shape index (κ1) is 15.9. The third kappa shape index (κ3) is 2.61. The maximum atomic E-state index is 13.0. The monoisotopic (exact) mass is 347 g/mol. The Bertz CT molecular complexity index is 947. The quantitative estimate of drug-likeness (QED) is 0.675. The standard InChI is InChI=1S/C17H16F3N5/c1-10-9-14(25-16(21-10)22-15(23-25)17(18,19)20)24-8-7-12-5-3-4-6-13(12)11(24)2/h3-6,9,11H,7-8H2,1-2H3. The molecule has 0 saturated heterocycles. The number of fused-ring (bicyclic) bond motifs is 2. The van der Waals surface area contributed by atoms with E-state index in [9.17, 15) is 13.2 Å². The van der Waals surface area contributed by atoms with Crippen molar-refractivity contribution in [2.24, 2.45) is 0 Å². The van der Waals surface area contributed by atoms with E-state index in [1.54, 1.807) is 13.0 Å². The Labute approximate surface area is 142 Å². The number of alkyl halides is 3. The number of nitrogens with zero attached hydrogens (tertiary/aromatic N) is 5. The van der Waals surface area contributed by atoms with E-state index in [4.69, 9.17) is 0 Å². The van der Waals surface area contributed by atoms with E-state index in [0.717, 1.165) is 6.42 Å². The predicted molar refractivity (Wildman–Crippen MR) is 86.4 cm³/mol. The first-order valence-corrected chi connectivity index (χ1v) is 8.00. The van der Waals surface area contributed by atoms with Crippen LogP contribution in [0.2, 0.25) is 0 Å². The lowest BCUT2D eigenvalue weighted by atomic mass is 9.93. The molecule has 1 atom stereocenters. The minimum Gasteiger partial charge on any atom is -0.349 e. The molecular weight excluding hydrogens is 331 g/mol. The van der Waals surface area contributed by atoms with E-state index in [2.05, 4.69) is 32.1 Å². The molecule has 130 valence electrons. The van der Waals surface area contributed by atoms with Crippen LogP contribution in [0.5, 0.6) is 0 Å². The van der Waals surface area contributed by atoms with Gasteiger partial charge >= 0.3 is 6.18 Å². The highest BCUT2D eigenvalue weighted by Crippen LogP contribution is 2.34. The van der Waals surface area contributed by atoms with Gasteiger partial charge in [-0.25, -0.2) is 4.98 Å². The van der Waals surface area contributed by atoms with Gasteiger partial charge in [-0.1, -0.05) is 24.3 Å². The Kier molecular flexibility index (Phi) is 3.45. The number of aromatic nitrogens is 4. The molecule has 0 spiro atoms. The third-order valence-electron chi connectivity index (χ3n) is 4.56. The molecule has 8 heteroatoms. The van der Waals surface area contributed by atoms with Gasteiger partial charge in [0, 0.05) is 18.3 Å². The molecule has 3 heterocycles. The van der Waals surface area contributed by atoms with Gasteiger partial charge in [0.2, 0.25) is 0 Å². The first-order valence-electron chi connectivity index (χ1n) is 8.00. The third-order valence-corrected chi connectivity index (χ3v) is 4.56. The van der Waals surface area contributed by atoms with Crippen LogP contribution >= 0.6 is 0 Å². The molecule has 0 saturated carbocycles. The van der Waals surface area contributed by atoms with Crippen molar-refractivity contribution in [3.8, 4) is 0 Å². The van der Waals surface area contributed by atoms with Gasteiger partial charge in [-0.3, -0.25) is 0 Å². The van der Waals surface area contributed by atoms with Crippen LogP contribution in [0.1, 0.15) is 35.6 Å². The summed E-state index contributed by atoms with van der Waals surface area (Å²) in [5, 5.41) is 3.67. The lowest BCUT2D eigenvalue weighted by molar-refractivity contribution is -0.144. The SMILES string of the molecule is Cc1cc(N2CCc3ccccc3C2C)n2nc(C(F)(F)F)nc2n1. The van der Waals surface area contributed by atoms with Crippen molar-refractivity contribution in [2.75, 3.05) is 11.4 Å². The molecule has 2 aromatic heterocycles. The van der Waals surface area contributed by atoms with Crippen LogP contribution in [0.4, 0.5) is 19.0 Å². The predicted octanol–water partition coefficient (Wildman–Crippen LogP) is 3.58. The molecule has 0 amide bonds. The fraction of sp³-hybridized carbons (Fsp3) is 0.353. The topological polar surface area (TPSA) is 46.3 Å². The fourth-order valence-electron chi connectivity index (χ4n) is 3.38. The lowest BCUT2D eigenvalue weighted by Crippen LogP contribution is -2.35. The van der Waals surface area contributed by atoms with Gasteiger partial charge < -0.3 is 4.90 Å². The van der Waals surface area contributed by atoms with Crippen molar-refractivity contribution in [3.05, 3.63) is 53.0 Å². The summed E-state index contributed by atoms with van der Waals surface area (Å²) in [6.07, 6.45) is -3.77. The van der Waals surface area contributed by atoms with Gasteiger partial charge in [0.1, 0.15) is 5.82 Å². The van der Waals surface area contributed by atoms with Crippen LogP contribution in [0.25, 0.3) is 5.78 Å².